The van der Waals surface area contributed by atoms with E-state index in [1.54, 1.807) is 10.6 Å². The summed E-state index contributed by atoms with van der Waals surface area (Å²) in [5.41, 5.74) is 2.30. The Hall–Kier alpha value is -1.83. The van der Waals surface area contributed by atoms with E-state index < -0.39 is 0 Å². The van der Waals surface area contributed by atoms with Crippen molar-refractivity contribution in [2.24, 2.45) is 0 Å². The molecule has 1 aromatic heterocycles. The highest BCUT2D eigenvalue weighted by Crippen LogP contribution is 2.32. The lowest BCUT2D eigenvalue weighted by atomic mass is 9.85. The second-order valence-corrected chi connectivity index (χ2v) is 5.34. The van der Waals surface area contributed by atoms with Crippen molar-refractivity contribution in [3.05, 3.63) is 64.6 Å². The van der Waals surface area contributed by atoms with Crippen molar-refractivity contribution in [2.45, 2.75) is 38.0 Å². The maximum absolute atomic E-state index is 12.0. The van der Waals surface area contributed by atoms with E-state index in [4.69, 9.17) is 0 Å². The van der Waals surface area contributed by atoms with Gasteiger partial charge >= 0.3 is 0 Å². The van der Waals surface area contributed by atoms with E-state index in [-0.39, 0.29) is 5.56 Å². The molecule has 1 heterocycles. The van der Waals surface area contributed by atoms with Crippen molar-refractivity contribution in [2.75, 3.05) is 0 Å². The van der Waals surface area contributed by atoms with Gasteiger partial charge in [0.2, 0.25) is 0 Å². The summed E-state index contributed by atoms with van der Waals surface area (Å²) < 4.78 is 1.77. The zero-order valence-electron chi connectivity index (χ0n) is 11.1. The third-order valence-corrected chi connectivity index (χ3v) is 4.04. The van der Waals surface area contributed by atoms with E-state index in [0.717, 1.165) is 5.69 Å². The number of pyridine rings is 1. The van der Waals surface area contributed by atoms with Gasteiger partial charge in [-0.15, -0.1) is 0 Å². The lowest BCUT2D eigenvalue weighted by Crippen LogP contribution is -2.18. The molecule has 0 radical (unpaired) electrons. The van der Waals surface area contributed by atoms with Gasteiger partial charge in [0.25, 0.3) is 5.56 Å². The highest BCUT2D eigenvalue weighted by molar-refractivity contribution is 5.33. The molecule has 3 rings (SSSR count). The number of hydrogen-bond acceptors (Lipinski definition) is 1. The number of rotatable bonds is 2. The zero-order valence-corrected chi connectivity index (χ0v) is 11.1. The third kappa shape index (κ3) is 2.62. The molecule has 0 atom stereocenters. The van der Waals surface area contributed by atoms with Gasteiger partial charge in [-0.2, -0.15) is 0 Å². The molecular formula is C17H19NO. The molecule has 1 fully saturated rings. The van der Waals surface area contributed by atoms with Crippen molar-refractivity contribution in [3.63, 3.8) is 0 Å². The summed E-state index contributed by atoms with van der Waals surface area (Å²) in [6, 6.07) is 13.6. The molecule has 0 aliphatic heterocycles. The largest absolute Gasteiger partial charge is 0.284 e. The Bertz CT molecular complexity index is 594. The number of nitrogens with zero attached hydrogens (tertiary/aromatic N) is 1. The topological polar surface area (TPSA) is 22.0 Å². The monoisotopic (exact) mass is 253 g/mol. The fraction of sp³-hybridized carbons (Fsp3) is 0.353. The van der Waals surface area contributed by atoms with Crippen molar-refractivity contribution >= 4 is 0 Å². The molecule has 19 heavy (non-hydrogen) atoms. The first-order valence-electron chi connectivity index (χ1n) is 7.12. The van der Waals surface area contributed by atoms with Crippen LogP contribution in [-0.2, 0) is 0 Å². The van der Waals surface area contributed by atoms with E-state index in [0.29, 0.717) is 5.92 Å². The molecule has 2 aromatic rings. The molecule has 0 N–H and O–H groups in total. The predicted octanol–water partition coefficient (Wildman–Crippen LogP) is 3.89. The minimum atomic E-state index is 0.0470. The minimum Gasteiger partial charge on any atom is -0.284 e. The summed E-state index contributed by atoms with van der Waals surface area (Å²) in [5.74, 6) is 0.629. The van der Waals surface area contributed by atoms with Crippen molar-refractivity contribution in [1.82, 2.24) is 4.57 Å². The predicted molar refractivity (Wildman–Crippen MR) is 77.9 cm³/mol. The molecule has 98 valence electrons. The van der Waals surface area contributed by atoms with Gasteiger partial charge in [-0.05, 0) is 36.5 Å². The third-order valence-electron chi connectivity index (χ3n) is 4.04. The number of benzene rings is 1. The van der Waals surface area contributed by atoms with Gasteiger partial charge in [-0.25, -0.2) is 0 Å². The van der Waals surface area contributed by atoms with Crippen molar-refractivity contribution < 1.29 is 0 Å². The molecule has 1 aliphatic carbocycles. The van der Waals surface area contributed by atoms with E-state index in [1.807, 2.05) is 42.6 Å². The molecule has 0 bridgehead atoms. The van der Waals surface area contributed by atoms with Crippen LogP contribution in [0.15, 0.2) is 53.5 Å². The quantitative estimate of drug-likeness (QED) is 0.796. The zero-order chi connectivity index (χ0) is 13.1. The summed E-state index contributed by atoms with van der Waals surface area (Å²) in [7, 11) is 0. The molecule has 0 amide bonds. The first-order valence-corrected chi connectivity index (χ1v) is 7.12. The summed E-state index contributed by atoms with van der Waals surface area (Å²) in [6.45, 7) is 0. The van der Waals surface area contributed by atoms with Crippen molar-refractivity contribution in [1.29, 1.82) is 0 Å². The van der Waals surface area contributed by atoms with Crippen LogP contribution in [0.5, 0.6) is 0 Å². The molecule has 1 saturated carbocycles. The van der Waals surface area contributed by atoms with E-state index >= 15 is 0 Å². The second-order valence-electron chi connectivity index (χ2n) is 5.34. The molecular weight excluding hydrogens is 234 g/mol. The Morgan fingerprint density at radius 3 is 2.37 bits per heavy atom. The molecule has 2 nitrogen and oxygen atoms in total. The van der Waals surface area contributed by atoms with E-state index in [2.05, 4.69) is 0 Å². The van der Waals surface area contributed by atoms with Gasteiger partial charge in [-0.3, -0.25) is 9.36 Å². The number of aromatic nitrogens is 1. The first kappa shape index (κ1) is 12.2. The Labute approximate surface area is 113 Å². The van der Waals surface area contributed by atoms with Gasteiger partial charge in [0, 0.05) is 18.0 Å². The minimum absolute atomic E-state index is 0.0470. The number of hydrogen-bond donors (Lipinski definition) is 0. The first-order chi connectivity index (χ1) is 9.34. The standard InChI is InChI=1S/C17H19NO/c19-17-12-11-15(14-7-3-1-4-8-14)13-18(17)16-9-5-2-6-10-16/h2,5-6,9-14H,1,3-4,7-8H2. The van der Waals surface area contributed by atoms with Crippen LogP contribution < -0.4 is 5.56 Å². The van der Waals surface area contributed by atoms with Gasteiger partial charge in [-0.1, -0.05) is 43.5 Å². The van der Waals surface area contributed by atoms with Crippen LogP contribution in [0.4, 0.5) is 0 Å². The van der Waals surface area contributed by atoms with Crippen molar-refractivity contribution in [3.8, 4) is 5.69 Å². The lowest BCUT2D eigenvalue weighted by molar-refractivity contribution is 0.442. The van der Waals surface area contributed by atoms with E-state index in [1.165, 1.54) is 37.7 Å². The fourth-order valence-electron chi connectivity index (χ4n) is 2.97. The lowest BCUT2D eigenvalue weighted by Gasteiger charge is -2.22. The normalized spacial score (nSPS) is 16.4. The Balaban J connectivity index is 1.98. The van der Waals surface area contributed by atoms with Gasteiger partial charge < -0.3 is 0 Å². The van der Waals surface area contributed by atoms with Gasteiger partial charge in [0.05, 0.1) is 0 Å². The summed E-state index contributed by atoms with van der Waals surface area (Å²) in [6.07, 6.45) is 8.53. The van der Waals surface area contributed by atoms with Crippen LogP contribution in [0.25, 0.3) is 5.69 Å². The van der Waals surface area contributed by atoms with Crippen LogP contribution >= 0.6 is 0 Å². The van der Waals surface area contributed by atoms with Crippen LogP contribution in [0.1, 0.15) is 43.6 Å². The van der Waals surface area contributed by atoms with Crippen LogP contribution in [0.2, 0.25) is 0 Å². The number of para-hydroxylation sites is 1. The summed E-state index contributed by atoms with van der Waals surface area (Å²) in [5, 5.41) is 0. The summed E-state index contributed by atoms with van der Waals surface area (Å²) in [4.78, 5) is 12.0. The van der Waals surface area contributed by atoms with Crippen LogP contribution in [0, 0.1) is 0 Å². The Morgan fingerprint density at radius 1 is 0.895 bits per heavy atom. The highest BCUT2D eigenvalue weighted by Gasteiger charge is 2.16. The van der Waals surface area contributed by atoms with E-state index in [9.17, 15) is 4.79 Å². The highest BCUT2D eigenvalue weighted by atomic mass is 16.1. The SMILES string of the molecule is O=c1ccc(C2CCCCC2)cn1-c1ccccc1. The van der Waals surface area contributed by atoms with Gasteiger partial charge in [0.1, 0.15) is 0 Å². The van der Waals surface area contributed by atoms with Crippen LogP contribution in [-0.4, -0.2) is 4.57 Å². The maximum atomic E-state index is 12.0. The fourth-order valence-corrected chi connectivity index (χ4v) is 2.97. The second kappa shape index (κ2) is 5.43. The Morgan fingerprint density at radius 2 is 1.63 bits per heavy atom. The molecule has 1 aromatic carbocycles. The Kier molecular flexibility index (Phi) is 3.49. The van der Waals surface area contributed by atoms with Crippen LogP contribution in [0.3, 0.4) is 0 Å². The van der Waals surface area contributed by atoms with Gasteiger partial charge in [0.15, 0.2) is 0 Å². The molecule has 2 heteroatoms. The average Bonchev–Trinajstić information content (AvgIpc) is 2.49. The average molecular weight is 253 g/mol. The molecule has 0 spiro atoms. The summed E-state index contributed by atoms with van der Waals surface area (Å²) >= 11 is 0. The smallest absolute Gasteiger partial charge is 0.255 e. The molecule has 0 unspecified atom stereocenters. The maximum Gasteiger partial charge on any atom is 0.255 e. The molecule has 0 saturated heterocycles. The molecule has 1 aliphatic rings.